The minimum absolute atomic E-state index is 0.112. The molecule has 2 atom stereocenters. The van der Waals surface area contributed by atoms with Gasteiger partial charge in [0.15, 0.2) is 0 Å². The van der Waals surface area contributed by atoms with Crippen molar-refractivity contribution in [3.8, 4) is 0 Å². The highest BCUT2D eigenvalue weighted by molar-refractivity contribution is 4.76. The van der Waals surface area contributed by atoms with Crippen molar-refractivity contribution in [3.63, 3.8) is 0 Å². The zero-order chi connectivity index (χ0) is 12.7. The highest BCUT2D eigenvalue weighted by atomic mass is 16.3. The van der Waals surface area contributed by atoms with Crippen molar-refractivity contribution < 1.29 is 5.11 Å². The van der Waals surface area contributed by atoms with E-state index in [1.165, 1.54) is 58.2 Å². The lowest BCUT2D eigenvalue weighted by Crippen LogP contribution is -2.39. The highest BCUT2D eigenvalue weighted by Crippen LogP contribution is 2.23. The van der Waals surface area contributed by atoms with E-state index in [2.05, 4.69) is 18.7 Å². The maximum absolute atomic E-state index is 9.59. The zero-order valence-corrected chi connectivity index (χ0v) is 12.0. The van der Waals surface area contributed by atoms with Crippen LogP contribution in [0.5, 0.6) is 0 Å². The van der Waals surface area contributed by atoms with Gasteiger partial charge in [-0.3, -0.25) is 0 Å². The van der Waals surface area contributed by atoms with Gasteiger partial charge >= 0.3 is 0 Å². The monoisotopic (exact) mass is 241 g/mol. The molecule has 0 aromatic rings. The van der Waals surface area contributed by atoms with Gasteiger partial charge in [0.05, 0.1) is 6.10 Å². The molecule has 1 rings (SSSR count). The van der Waals surface area contributed by atoms with Gasteiger partial charge in [-0.2, -0.15) is 0 Å². The third kappa shape index (κ3) is 5.39. The summed E-state index contributed by atoms with van der Waals surface area (Å²) in [6.07, 6.45) is 7.66. The van der Waals surface area contributed by atoms with Crippen LogP contribution in [0, 0.1) is 11.8 Å². The van der Waals surface area contributed by atoms with Crippen LogP contribution in [0.1, 0.15) is 59.3 Å². The van der Waals surface area contributed by atoms with Crippen molar-refractivity contribution in [2.75, 3.05) is 19.6 Å². The Kier molecular flexibility index (Phi) is 7.14. The fourth-order valence-electron chi connectivity index (χ4n) is 2.90. The predicted octanol–water partition coefficient (Wildman–Crippen LogP) is 3.30. The third-order valence-corrected chi connectivity index (χ3v) is 4.37. The molecule has 0 spiro atoms. The minimum Gasteiger partial charge on any atom is -0.393 e. The molecule has 0 saturated carbocycles. The summed E-state index contributed by atoms with van der Waals surface area (Å²) in [5.41, 5.74) is 0. The first-order chi connectivity index (χ1) is 8.17. The van der Waals surface area contributed by atoms with Gasteiger partial charge in [0.1, 0.15) is 0 Å². The molecular formula is C15H31NO. The average molecular weight is 241 g/mol. The fraction of sp³-hybridized carbons (Fsp3) is 1.00. The van der Waals surface area contributed by atoms with Crippen LogP contribution in [0.3, 0.4) is 0 Å². The number of hydrogen-bond acceptors (Lipinski definition) is 2. The molecular weight excluding hydrogens is 210 g/mol. The second kappa shape index (κ2) is 8.10. The number of rotatable bonds is 7. The van der Waals surface area contributed by atoms with Gasteiger partial charge < -0.3 is 10.0 Å². The van der Waals surface area contributed by atoms with E-state index >= 15 is 0 Å². The van der Waals surface area contributed by atoms with E-state index < -0.39 is 0 Å². The molecule has 0 aromatic heterocycles. The molecule has 1 aliphatic rings. The van der Waals surface area contributed by atoms with Crippen molar-refractivity contribution in [1.29, 1.82) is 0 Å². The second-order valence-corrected chi connectivity index (χ2v) is 5.80. The third-order valence-electron chi connectivity index (χ3n) is 4.37. The van der Waals surface area contributed by atoms with Crippen molar-refractivity contribution >= 4 is 0 Å². The standard InChI is InChI=1S/C15H31NO/c1-4-6-7-14(5-2)12-16-10-8-15(9-11-16)13(3)17/h13-15,17H,4-12H2,1-3H3. The van der Waals surface area contributed by atoms with Crippen LogP contribution in [0.15, 0.2) is 0 Å². The van der Waals surface area contributed by atoms with Crippen LogP contribution < -0.4 is 0 Å². The fourth-order valence-corrected chi connectivity index (χ4v) is 2.90. The van der Waals surface area contributed by atoms with E-state index in [1.54, 1.807) is 0 Å². The van der Waals surface area contributed by atoms with Crippen molar-refractivity contribution in [3.05, 3.63) is 0 Å². The molecule has 2 heteroatoms. The summed E-state index contributed by atoms with van der Waals surface area (Å²) in [5, 5.41) is 9.59. The van der Waals surface area contributed by atoms with Crippen molar-refractivity contribution in [2.45, 2.75) is 65.4 Å². The van der Waals surface area contributed by atoms with E-state index in [4.69, 9.17) is 0 Å². The van der Waals surface area contributed by atoms with E-state index in [1.807, 2.05) is 6.92 Å². The number of aliphatic hydroxyl groups is 1. The molecule has 1 aliphatic heterocycles. The minimum atomic E-state index is -0.112. The van der Waals surface area contributed by atoms with Gasteiger partial charge in [0, 0.05) is 6.54 Å². The molecule has 0 bridgehead atoms. The van der Waals surface area contributed by atoms with E-state index in [9.17, 15) is 5.11 Å². The summed E-state index contributed by atoms with van der Waals surface area (Å²) >= 11 is 0. The van der Waals surface area contributed by atoms with Gasteiger partial charge in [-0.25, -0.2) is 0 Å². The molecule has 2 unspecified atom stereocenters. The normalized spacial score (nSPS) is 22.6. The summed E-state index contributed by atoms with van der Waals surface area (Å²) in [6.45, 7) is 10.2. The Bertz CT molecular complexity index is 185. The van der Waals surface area contributed by atoms with Gasteiger partial charge in [-0.15, -0.1) is 0 Å². The zero-order valence-electron chi connectivity index (χ0n) is 12.0. The van der Waals surface area contributed by atoms with Gasteiger partial charge in [0.25, 0.3) is 0 Å². The SMILES string of the molecule is CCCCC(CC)CN1CCC(C(C)O)CC1. The smallest absolute Gasteiger partial charge is 0.0541 e. The first-order valence-corrected chi connectivity index (χ1v) is 7.57. The van der Waals surface area contributed by atoms with Crippen LogP contribution in [0.4, 0.5) is 0 Å². The summed E-state index contributed by atoms with van der Waals surface area (Å²) in [4.78, 5) is 2.61. The number of hydrogen-bond donors (Lipinski definition) is 1. The van der Waals surface area contributed by atoms with Crippen LogP contribution in [-0.2, 0) is 0 Å². The van der Waals surface area contributed by atoms with Gasteiger partial charge in [0.2, 0.25) is 0 Å². The number of unbranched alkanes of at least 4 members (excludes halogenated alkanes) is 1. The Morgan fingerprint density at radius 3 is 2.35 bits per heavy atom. The lowest BCUT2D eigenvalue weighted by molar-refractivity contribution is 0.0655. The quantitative estimate of drug-likeness (QED) is 0.739. The molecule has 1 heterocycles. The number of aliphatic hydroxyl groups excluding tert-OH is 1. The highest BCUT2D eigenvalue weighted by Gasteiger charge is 2.23. The van der Waals surface area contributed by atoms with Crippen LogP contribution in [0.2, 0.25) is 0 Å². The van der Waals surface area contributed by atoms with Gasteiger partial charge in [-0.05, 0) is 51.1 Å². The molecule has 0 amide bonds. The summed E-state index contributed by atoms with van der Waals surface area (Å²) < 4.78 is 0. The lowest BCUT2D eigenvalue weighted by atomic mass is 9.91. The molecule has 1 saturated heterocycles. The Balaban J connectivity index is 2.23. The van der Waals surface area contributed by atoms with Crippen LogP contribution in [0.25, 0.3) is 0 Å². The summed E-state index contributed by atoms with van der Waals surface area (Å²) in [5.74, 6) is 1.43. The molecule has 1 N–H and O–H groups in total. The molecule has 1 fully saturated rings. The van der Waals surface area contributed by atoms with Crippen molar-refractivity contribution in [2.24, 2.45) is 11.8 Å². The molecule has 17 heavy (non-hydrogen) atoms. The largest absolute Gasteiger partial charge is 0.393 e. The Morgan fingerprint density at radius 1 is 1.24 bits per heavy atom. The first kappa shape index (κ1) is 15.0. The summed E-state index contributed by atoms with van der Waals surface area (Å²) in [6, 6.07) is 0. The first-order valence-electron chi connectivity index (χ1n) is 7.57. The average Bonchev–Trinajstić information content (AvgIpc) is 2.35. The molecule has 102 valence electrons. The van der Waals surface area contributed by atoms with E-state index in [0.29, 0.717) is 5.92 Å². The maximum Gasteiger partial charge on any atom is 0.0541 e. The Morgan fingerprint density at radius 2 is 1.88 bits per heavy atom. The number of likely N-dealkylation sites (tertiary alicyclic amines) is 1. The molecule has 0 radical (unpaired) electrons. The number of piperidine rings is 1. The van der Waals surface area contributed by atoms with E-state index in [0.717, 1.165) is 5.92 Å². The van der Waals surface area contributed by atoms with Crippen molar-refractivity contribution in [1.82, 2.24) is 4.90 Å². The van der Waals surface area contributed by atoms with Crippen LogP contribution >= 0.6 is 0 Å². The van der Waals surface area contributed by atoms with Gasteiger partial charge in [-0.1, -0.05) is 33.1 Å². The molecule has 2 nitrogen and oxygen atoms in total. The Hall–Kier alpha value is -0.0800. The molecule has 0 aliphatic carbocycles. The van der Waals surface area contributed by atoms with Crippen LogP contribution in [-0.4, -0.2) is 35.7 Å². The molecule has 0 aromatic carbocycles. The second-order valence-electron chi connectivity index (χ2n) is 5.80. The topological polar surface area (TPSA) is 23.5 Å². The lowest BCUT2D eigenvalue weighted by Gasteiger charge is -2.35. The predicted molar refractivity (Wildman–Crippen MR) is 74.2 cm³/mol. The Labute approximate surface area is 107 Å². The maximum atomic E-state index is 9.59. The number of nitrogens with zero attached hydrogens (tertiary/aromatic N) is 1. The van der Waals surface area contributed by atoms with E-state index in [-0.39, 0.29) is 6.10 Å². The summed E-state index contributed by atoms with van der Waals surface area (Å²) in [7, 11) is 0.